The van der Waals surface area contributed by atoms with Crippen LogP contribution in [0.2, 0.25) is 0 Å². The molecule has 0 atom stereocenters. The molecule has 1 amide bonds. The first-order chi connectivity index (χ1) is 14.6. The van der Waals surface area contributed by atoms with Gasteiger partial charge in [0, 0.05) is 49.7 Å². The van der Waals surface area contributed by atoms with Crippen LogP contribution < -0.4 is 19.9 Å². The Balaban J connectivity index is 1.36. The highest BCUT2D eigenvalue weighted by Gasteiger charge is 2.27. The van der Waals surface area contributed by atoms with Crippen LogP contribution in [0.15, 0.2) is 30.6 Å². The number of methoxy groups -OCH3 is 1. The number of hydrogen-bond donors (Lipinski definition) is 1. The van der Waals surface area contributed by atoms with Crippen molar-refractivity contribution in [2.75, 3.05) is 59.9 Å². The second-order valence-corrected chi connectivity index (χ2v) is 9.01. The number of ether oxygens (including phenoxy) is 1. The predicted octanol–water partition coefficient (Wildman–Crippen LogP) is 3.20. The van der Waals surface area contributed by atoms with Crippen LogP contribution in [0, 0.1) is 12.8 Å². The Morgan fingerprint density at radius 1 is 1.07 bits per heavy atom. The number of nitrogens with zero attached hydrogens (tertiary/aromatic N) is 4. The van der Waals surface area contributed by atoms with Crippen molar-refractivity contribution < 1.29 is 9.53 Å². The van der Waals surface area contributed by atoms with Gasteiger partial charge in [0.1, 0.15) is 23.7 Å². The Bertz CT molecular complexity index is 880. The molecule has 1 aromatic carbocycles. The minimum Gasteiger partial charge on any atom is -0.495 e. The summed E-state index contributed by atoms with van der Waals surface area (Å²) in [5.74, 6) is 5.00. The fraction of sp³-hybridized carbons (Fsp3) is 0.500. The molecule has 2 aliphatic heterocycles. The number of rotatable bonds is 5. The maximum Gasteiger partial charge on any atom is 0.227 e. The summed E-state index contributed by atoms with van der Waals surface area (Å²) in [5.41, 5.74) is 1.83. The van der Waals surface area contributed by atoms with Gasteiger partial charge in [0.25, 0.3) is 0 Å². The van der Waals surface area contributed by atoms with Crippen LogP contribution in [0.5, 0.6) is 5.75 Å². The Labute approximate surface area is 182 Å². The number of aryl methyl sites for hydroxylation is 1. The van der Waals surface area contributed by atoms with Gasteiger partial charge in [-0.3, -0.25) is 4.79 Å². The zero-order valence-electron chi connectivity index (χ0n) is 17.6. The van der Waals surface area contributed by atoms with Gasteiger partial charge < -0.3 is 19.9 Å². The minimum absolute atomic E-state index is 0.00750. The lowest BCUT2D eigenvalue weighted by Gasteiger charge is -2.33. The molecule has 2 aromatic rings. The second kappa shape index (κ2) is 9.55. The maximum absolute atomic E-state index is 12.8. The van der Waals surface area contributed by atoms with Gasteiger partial charge in [-0.25, -0.2) is 9.97 Å². The van der Waals surface area contributed by atoms with E-state index < -0.39 is 0 Å². The lowest BCUT2D eigenvalue weighted by molar-refractivity contribution is -0.120. The van der Waals surface area contributed by atoms with Gasteiger partial charge in [-0.05, 0) is 37.5 Å². The number of aromatic nitrogens is 2. The minimum atomic E-state index is -0.00750. The first kappa shape index (κ1) is 20.8. The van der Waals surface area contributed by atoms with Crippen LogP contribution in [-0.2, 0) is 4.79 Å². The van der Waals surface area contributed by atoms with Crippen LogP contribution in [0.3, 0.4) is 0 Å². The predicted molar refractivity (Wildman–Crippen MR) is 123 cm³/mol. The average molecular weight is 428 g/mol. The van der Waals surface area contributed by atoms with Gasteiger partial charge in [-0.2, -0.15) is 11.8 Å². The van der Waals surface area contributed by atoms with Crippen molar-refractivity contribution in [3.8, 4) is 5.75 Å². The molecule has 0 unspecified atom stereocenters. The van der Waals surface area contributed by atoms with Crippen molar-refractivity contribution in [2.24, 2.45) is 5.92 Å². The van der Waals surface area contributed by atoms with E-state index in [-0.39, 0.29) is 11.8 Å². The number of anilines is 3. The first-order valence-corrected chi connectivity index (χ1v) is 11.6. The third kappa shape index (κ3) is 4.80. The molecule has 2 aliphatic rings. The largest absolute Gasteiger partial charge is 0.495 e. The molecule has 0 radical (unpaired) electrons. The van der Waals surface area contributed by atoms with Gasteiger partial charge in [0.2, 0.25) is 5.91 Å². The fourth-order valence-corrected chi connectivity index (χ4v) is 4.90. The zero-order valence-corrected chi connectivity index (χ0v) is 18.5. The molecule has 2 fully saturated rings. The molecular formula is C22H29N5O2S. The zero-order chi connectivity index (χ0) is 20.9. The highest BCUT2D eigenvalue weighted by Crippen LogP contribution is 2.29. The van der Waals surface area contributed by atoms with E-state index in [0.29, 0.717) is 5.75 Å². The summed E-state index contributed by atoms with van der Waals surface area (Å²) in [6.07, 6.45) is 3.27. The molecule has 0 bridgehead atoms. The molecule has 160 valence electrons. The van der Waals surface area contributed by atoms with Crippen molar-refractivity contribution in [3.63, 3.8) is 0 Å². The topological polar surface area (TPSA) is 70.6 Å². The number of nitrogens with one attached hydrogen (secondary N) is 1. The Morgan fingerprint density at radius 2 is 1.73 bits per heavy atom. The highest BCUT2D eigenvalue weighted by molar-refractivity contribution is 7.99. The molecule has 0 saturated carbocycles. The fourth-order valence-electron chi connectivity index (χ4n) is 4.00. The monoisotopic (exact) mass is 427 g/mol. The van der Waals surface area contributed by atoms with Crippen LogP contribution >= 0.6 is 11.8 Å². The lowest BCUT2D eigenvalue weighted by Crippen LogP contribution is -2.39. The molecule has 2 saturated heterocycles. The standard InChI is InChI=1S/C22H29N5O2S/c1-16-3-4-19(29-2)18(13-16)25-22(28)17-5-7-26(8-6-17)20-14-21(24-15-23-20)27-9-11-30-12-10-27/h3-4,13-15,17H,5-12H2,1-2H3,(H,25,28). The van der Waals surface area contributed by atoms with E-state index in [1.807, 2.05) is 36.9 Å². The Morgan fingerprint density at radius 3 is 2.40 bits per heavy atom. The summed E-state index contributed by atoms with van der Waals surface area (Å²) in [7, 11) is 1.62. The molecule has 1 aromatic heterocycles. The number of carbonyl (C=O) groups is 1. The summed E-state index contributed by atoms with van der Waals surface area (Å²) < 4.78 is 5.38. The molecule has 30 heavy (non-hydrogen) atoms. The summed E-state index contributed by atoms with van der Waals surface area (Å²) in [5, 5.41) is 3.06. The third-order valence-corrected chi connectivity index (χ3v) is 6.72. The molecule has 1 N–H and O–H groups in total. The molecule has 0 spiro atoms. The van der Waals surface area contributed by atoms with Crippen LogP contribution in [0.4, 0.5) is 17.3 Å². The smallest absolute Gasteiger partial charge is 0.227 e. The summed E-state index contributed by atoms with van der Waals surface area (Å²) in [6, 6.07) is 7.91. The van der Waals surface area contributed by atoms with Gasteiger partial charge in [0.05, 0.1) is 12.8 Å². The van der Waals surface area contributed by atoms with E-state index in [1.54, 1.807) is 13.4 Å². The number of carbonyl (C=O) groups excluding carboxylic acids is 1. The van der Waals surface area contributed by atoms with E-state index in [1.165, 1.54) is 0 Å². The summed E-state index contributed by atoms with van der Waals surface area (Å²) in [6.45, 7) is 5.70. The molecular weight excluding hydrogens is 398 g/mol. The third-order valence-electron chi connectivity index (χ3n) is 5.78. The normalized spacial score (nSPS) is 17.7. The number of thioether (sulfide) groups is 1. The van der Waals surface area contributed by atoms with Gasteiger partial charge >= 0.3 is 0 Å². The molecule has 0 aliphatic carbocycles. The van der Waals surface area contributed by atoms with Gasteiger partial charge in [-0.15, -0.1) is 0 Å². The molecule has 3 heterocycles. The van der Waals surface area contributed by atoms with Crippen molar-refractivity contribution in [1.29, 1.82) is 0 Å². The molecule has 7 nitrogen and oxygen atoms in total. The average Bonchev–Trinajstić information content (AvgIpc) is 2.80. The van der Waals surface area contributed by atoms with Crippen LogP contribution in [0.1, 0.15) is 18.4 Å². The first-order valence-electron chi connectivity index (χ1n) is 10.5. The molecule has 4 rings (SSSR count). The maximum atomic E-state index is 12.8. The van der Waals surface area contributed by atoms with Crippen molar-refractivity contribution in [3.05, 3.63) is 36.2 Å². The number of hydrogen-bond acceptors (Lipinski definition) is 7. The SMILES string of the molecule is COc1ccc(C)cc1NC(=O)C1CCN(c2cc(N3CCSCC3)ncn2)CC1. The quantitative estimate of drug-likeness (QED) is 0.786. The van der Waals surface area contributed by atoms with Crippen molar-refractivity contribution in [2.45, 2.75) is 19.8 Å². The summed E-state index contributed by atoms with van der Waals surface area (Å²) in [4.78, 5) is 26.4. The van der Waals surface area contributed by atoms with E-state index in [2.05, 4.69) is 31.2 Å². The Kier molecular flexibility index (Phi) is 6.62. The van der Waals surface area contributed by atoms with Crippen LogP contribution in [0.25, 0.3) is 0 Å². The molecule has 8 heteroatoms. The van der Waals surface area contributed by atoms with Gasteiger partial charge in [0.15, 0.2) is 0 Å². The summed E-state index contributed by atoms with van der Waals surface area (Å²) >= 11 is 1.99. The van der Waals surface area contributed by atoms with Crippen LogP contribution in [-0.4, -0.2) is 60.7 Å². The second-order valence-electron chi connectivity index (χ2n) is 7.79. The lowest BCUT2D eigenvalue weighted by atomic mass is 9.95. The number of amides is 1. The van der Waals surface area contributed by atoms with E-state index >= 15 is 0 Å². The van der Waals surface area contributed by atoms with E-state index in [0.717, 1.165) is 73.4 Å². The highest BCUT2D eigenvalue weighted by atomic mass is 32.2. The number of piperidine rings is 1. The van der Waals surface area contributed by atoms with E-state index in [4.69, 9.17) is 4.74 Å². The van der Waals surface area contributed by atoms with Gasteiger partial charge in [-0.1, -0.05) is 6.07 Å². The number of benzene rings is 1. The van der Waals surface area contributed by atoms with E-state index in [9.17, 15) is 4.79 Å². The Hall–Kier alpha value is -2.48. The van der Waals surface area contributed by atoms with Crippen molar-refractivity contribution >= 4 is 35.0 Å². The van der Waals surface area contributed by atoms with Crippen molar-refractivity contribution in [1.82, 2.24) is 9.97 Å².